The molecule has 3 atom stereocenters. The first-order valence-corrected chi connectivity index (χ1v) is 16.5. The summed E-state index contributed by atoms with van der Waals surface area (Å²) in [6.45, 7) is 10.9. The third-order valence-corrected chi connectivity index (χ3v) is 9.31. The monoisotopic (exact) mass is 668 g/mol. The second-order valence-corrected chi connectivity index (χ2v) is 12.5. The number of anilines is 1. The summed E-state index contributed by atoms with van der Waals surface area (Å²) in [6, 6.07) is 13.9. The largest absolute Gasteiger partial charge is 0.491 e. The lowest BCUT2D eigenvalue weighted by Crippen LogP contribution is -2.44. The molecular weight excluding hydrogens is 623 g/mol. The molecule has 0 radical (unpaired) electrons. The lowest BCUT2D eigenvalue weighted by atomic mass is 10.2. The number of nitrogens with zero attached hydrogens (tertiary/aromatic N) is 4. The summed E-state index contributed by atoms with van der Waals surface area (Å²) in [5.74, 6) is 0.860. The molecule has 2 aliphatic rings. The van der Waals surface area contributed by atoms with Crippen molar-refractivity contribution in [2.24, 2.45) is 0 Å². The fraction of sp³-hybridized carbons (Fsp3) is 0.531. The van der Waals surface area contributed by atoms with E-state index < -0.39 is 0 Å². The van der Waals surface area contributed by atoms with Crippen LogP contribution >= 0.6 is 35.1 Å². The zero-order valence-electron chi connectivity index (χ0n) is 26.1. The number of hydrogen-bond donors (Lipinski definition) is 1. The number of benzene rings is 2. The standard InChI is InChI=1S/C24H36N4O4S.C7H6Cl2.CH4O/c1-3-23(8-15-29-2)33-28-13-11-27(12-14-28)20-4-6-21(7-5-20)30-17-22-18-31-24(32-22)16-26-10-9-25-19-26;1-5-2-3-6(8)4-7(5)9;1-2/h4-7,9-10,19,22-24H,3,8,11-18H2,1-2H3;2-4H,1H3;2H,1H3. The van der Waals surface area contributed by atoms with Crippen molar-refractivity contribution in [3.8, 4) is 5.75 Å². The smallest absolute Gasteiger partial charge is 0.176 e. The highest BCUT2D eigenvalue weighted by molar-refractivity contribution is 7.97. The molecule has 0 bridgehead atoms. The maximum Gasteiger partial charge on any atom is 0.176 e. The molecule has 0 amide bonds. The van der Waals surface area contributed by atoms with Crippen LogP contribution in [-0.4, -0.2) is 96.8 Å². The Hall–Kier alpha value is -2.02. The average molecular weight is 670 g/mol. The van der Waals surface area contributed by atoms with Crippen LogP contribution in [0.4, 0.5) is 5.69 Å². The van der Waals surface area contributed by atoms with E-state index >= 15 is 0 Å². The van der Waals surface area contributed by atoms with Gasteiger partial charge in [-0.1, -0.05) is 48.1 Å². The molecule has 0 aliphatic carbocycles. The van der Waals surface area contributed by atoms with E-state index in [1.807, 2.05) is 53.9 Å². The van der Waals surface area contributed by atoms with E-state index in [1.165, 1.54) is 12.1 Å². The summed E-state index contributed by atoms with van der Waals surface area (Å²) in [6.07, 6.45) is 7.41. The van der Waals surface area contributed by atoms with Crippen molar-refractivity contribution in [1.29, 1.82) is 0 Å². The second kappa shape index (κ2) is 20.2. The van der Waals surface area contributed by atoms with Crippen LogP contribution in [0.25, 0.3) is 0 Å². The van der Waals surface area contributed by atoms with Crippen LogP contribution in [-0.2, 0) is 20.8 Å². The van der Waals surface area contributed by atoms with Gasteiger partial charge in [-0.3, -0.25) is 0 Å². The number of halogens is 2. The molecule has 3 aromatic rings. The Labute approximate surface area is 276 Å². The molecule has 5 rings (SSSR count). The maximum atomic E-state index is 7.00. The van der Waals surface area contributed by atoms with Crippen molar-refractivity contribution in [3.05, 3.63) is 76.8 Å². The maximum absolute atomic E-state index is 7.00. The quantitative estimate of drug-likeness (QED) is 0.227. The summed E-state index contributed by atoms with van der Waals surface area (Å²) in [5, 5.41) is 9.05. The van der Waals surface area contributed by atoms with E-state index in [9.17, 15) is 0 Å². The fourth-order valence-electron chi connectivity index (χ4n) is 4.61. The summed E-state index contributed by atoms with van der Waals surface area (Å²) in [5.41, 5.74) is 2.31. The van der Waals surface area contributed by atoms with E-state index in [2.05, 4.69) is 33.2 Å². The molecule has 3 heterocycles. The first-order valence-electron chi connectivity index (χ1n) is 14.9. The van der Waals surface area contributed by atoms with Gasteiger partial charge in [0.15, 0.2) is 6.29 Å². The fourth-order valence-corrected chi connectivity index (χ4v) is 6.17. The highest BCUT2D eigenvalue weighted by Gasteiger charge is 2.27. The van der Waals surface area contributed by atoms with Gasteiger partial charge in [0, 0.05) is 80.4 Å². The molecule has 244 valence electrons. The zero-order chi connectivity index (χ0) is 31.7. The summed E-state index contributed by atoms with van der Waals surface area (Å²) >= 11 is 13.4. The molecule has 2 saturated heterocycles. The number of methoxy groups -OCH3 is 1. The first kappa shape index (κ1) is 36.4. The van der Waals surface area contributed by atoms with E-state index in [4.69, 9.17) is 47.3 Å². The van der Waals surface area contributed by atoms with Gasteiger partial charge in [0.25, 0.3) is 0 Å². The van der Waals surface area contributed by atoms with Gasteiger partial charge in [-0.15, -0.1) is 0 Å². The van der Waals surface area contributed by atoms with Crippen LogP contribution in [0.5, 0.6) is 5.75 Å². The minimum Gasteiger partial charge on any atom is -0.491 e. The Bertz CT molecular complexity index is 1180. The lowest BCUT2D eigenvalue weighted by Gasteiger charge is -2.36. The van der Waals surface area contributed by atoms with Gasteiger partial charge in [-0.05, 0) is 61.7 Å². The SMILES string of the molecule is CCC(CCOC)SN1CCN(c2ccc(OCC3COC(Cn4ccnc4)O3)cc2)CC1.CO.Cc1ccc(Cl)cc1Cl. The van der Waals surface area contributed by atoms with E-state index in [0.717, 1.165) is 62.7 Å². The van der Waals surface area contributed by atoms with Crippen LogP contribution in [0.3, 0.4) is 0 Å². The summed E-state index contributed by atoms with van der Waals surface area (Å²) in [7, 11) is 2.78. The Morgan fingerprint density at radius 1 is 1.09 bits per heavy atom. The van der Waals surface area contributed by atoms with E-state index in [0.29, 0.717) is 30.0 Å². The van der Waals surface area contributed by atoms with Gasteiger partial charge in [-0.2, -0.15) is 0 Å². The van der Waals surface area contributed by atoms with Crippen LogP contribution in [0.2, 0.25) is 10.0 Å². The van der Waals surface area contributed by atoms with Gasteiger partial charge in [0.05, 0.1) is 19.5 Å². The van der Waals surface area contributed by atoms with Crippen molar-refractivity contribution in [3.63, 3.8) is 0 Å². The van der Waals surface area contributed by atoms with Crippen LogP contribution in [0, 0.1) is 6.92 Å². The molecule has 0 spiro atoms. The second-order valence-electron chi connectivity index (χ2n) is 10.3. The highest BCUT2D eigenvalue weighted by atomic mass is 35.5. The average Bonchev–Trinajstić information content (AvgIpc) is 3.74. The third-order valence-electron chi connectivity index (χ3n) is 7.14. The summed E-state index contributed by atoms with van der Waals surface area (Å²) in [4.78, 5) is 6.49. The molecule has 1 N–H and O–H groups in total. The van der Waals surface area contributed by atoms with Crippen molar-refractivity contribution in [1.82, 2.24) is 13.9 Å². The molecule has 2 aliphatic heterocycles. The number of aliphatic hydroxyl groups is 1. The number of piperazine rings is 1. The predicted molar refractivity (Wildman–Crippen MR) is 180 cm³/mol. The minimum absolute atomic E-state index is 0.0559. The van der Waals surface area contributed by atoms with Gasteiger partial charge in [-0.25, -0.2) is 9.29 Å². The molecule has 9 nitrogen and oxygen atoms in total. The Morgan fingerprint density at radius 2 is 1.84 bits per heavy atom. The van der Waals surface area contributed by atoms with Gasteiger partial charge in [0.1, 0.15) is 18.5 Å². The van der Waals surface area contributed by atoms with Crippen molar-refractivity contribution < 1.29 is 24.1 Å². The van der Waals surface area contributed by atoms with Crippen molar-refractivity contribution in [2.45, 2.75) is 50.9 Å². The highest BCUT2D eigenvalue weighted by Crippen LogP contribution is 2.27. The summed E-state index contributed by atoms with van der Waals surface area (Å²) < 4.78 is 27.3. The number of aryl methyl sites for hydroxylation is 1. The number of imidazole rings is 1. The molecular formula is C32H46Cl2N4O5S. The Balaban J connectivity index is 0.000000409. The zero-order valence-corrected chi connectivity index (χ0v) is 28.4. The minimum atomic E-state index is -0.250. The topological polar surface area (TPSA) is 81.5 Å². The van der Waals surface area contributed by atoms with Crippen molar-refractivity contribution >= 4 is 40.8 Å². The molecule has 2 aromatic carbocycles. The predicted octanol–water partition coefficient (Wildman–Crippen LogP) is 6.20. The van der Waals surface area contributed by atoms with Gasteiger partial charge < -0.3 is 33.5 Å². The lowest BCUT2D eigenvalue weighted by molar-refractivity contribution is -0.0726. The molecule has 2 fully saturated rings. The first-order chi connectivity index (χ1) is 21.4. The molecule has 1 aromatic heterocycles. The van der Waals surface area contributed by atoms with Gasteiger partial charge >= 0.3 is 0 Å². The number of hydrogen-bond acceptors (Lipinski definition) is 9. The normalized spacial score (nSPS) is 19.0. The van der Waals surface area contributed by atoms with Crippen LogP contribution in [0.15, 0.2) is 61.2 Å². The number of aromatic nitrogens is 2. The molecule has 12 heteroatoms. The number of ether oxygens (including phenoxy) is 4. The van der Waals surface area contributed by atoms with E-state index in [-0.39, 0.29) is 12.4 Å². The Kier molecular flexibility index (Phi) is 16.7. The number of rotatable bonds is 12. The molecule has 44 heavy (non-hydrogen) atoms. The van der Waals surface area contributed by atoms with Gasteiger partial charge in [0.2, 0.25) is 0 Å². The van der Waals surface area contributed by atoms with Crippen LogP contribution in [0.1, 0.15) is 25.3 Å². The van der Waals surface area contributed by atoms with Crippen LogP contribution < -0.4 is 9.64 Å². The number of aliphatic hydroxyl groups excluding tert-OH is 1. The van der Waals surface area contributed by atoms with E-state index in [1.54, 1.807) is 25.7 Å². The Morgan fingerprint density at radius 3 is 2.45 bits per heavy atom. The molecule has 0 saturated carbocycles. The molecule has 3 unspecified atom stereocenters. The third kappa shape index (κ3) is 12.4. The van der Waals surface area contributed by atoms with Crippen molar-refractivity contribution in [2.75, 3.05) is 65.1 Å².